The van der Waals surface area contributed by atoms with Crippen LogP contribution < -0.4 is 14.2 Å². The summed E-state index contributed by atoms with van der Waals surface area (Å²) in [6.07, 6.45) is 4.06. The lowest BCUT2D eigenvalue weighted by molar-refractivity contribution is 0.324. The highest BCUT2D eigenvalue weighted by Crippen LogP contribution is 2.41. The molecular weight excluding hydrogens is 388 g/mol. The van der Waals surface area contributed by atoms with Crippen molar-refractivity contribution in [3.05, 3.63) is 90.1 Å². The summed E-state index contributed by atoms with van der Waals surface area (Å²) in [5, 5.41) is 4.84. The number of aromatic nitrogens is 2. The molecule has 0 fully saturated rings. The number of nitrogens with zero attached hydrogens (tertiary/aromatic N) is 2. The number of para-hydroxylation sites is 1. The van der Waals surface area contributed by atoms with Gasteiger partial charge in [-0.1, -0.05) is 54.6 Å². The van der Waals surface area contributed by atoms with Crippen LogP contribution in [0.1, 0.15) is 11.3 Å². The molecule has 0 bridgehead atoms. The molecular formula is C26H24N2O3. The van der Waals surface area contributed by atoms with Gasteiger partial charge in [-0.05, 0) is 42.0 Å². The second-order valence-electron chi connectivity index (χ2n) is 6.86. The van der Waals surface area contributed by atoms with Gasteiger partial charge in [-0.25, -0.2) is 4.68 Å². The van der Waals surface area contributed by atoms with Crippen molar-refractivity contribution in [3.8, 4) is 34.2 Å². The molecule has 5 nitrogen and oxygen atoms in total. The molecule has 0 aliphatic carbocycles. The highest BCUT2D eigenvalue weighted by atomic mass is 16.5. The molecule has 3 aromatic carbocycles. The van der Waals surface area contributed by atoms with Crippen LogP contribution in [-0.4, -0.2) is 31.1 Å². The van der Waals surface area contributed by atoms with Crippen molar-refractivity contribution < 1.29 is 14.2 Å². The Morgan fingerprint density at radius 3 is 1.90 bits per heavy atom. The molecule has 0 atom stereocenters. The lowest BCUT2D eigenvalue weighted by Gasteiger charge is -2.15. The van der Waals surface area contributed by atoms with Crippen LogP contribution >= 0.6 is 0 Å². The number of methoxy groups -OCH3 is 3. The van der Waals surface area contributed by atoms with Gasteiger partial charge in [0, 0.05) is 5.56 Å². The molecule has 156 valence electrons. The van der Waals surface area contributed by atoms with Gasteiger partial charge in [0.25, 0.3) is 0 Å². The van der Waals surface area contributed by atoms with Gasteiger partial charge in [-0.3, -0.25) is 0 Å². The smallest absolute Gasteiger partial charge is 0.203 e. The first-order chi connectivity index (χ1) is 15.2. The molecule has 1 heterocycles. The average Bonchev–Trinajstić information content (AvgIpc) is 3.27. The maximum Gasteiger partial charge on any atom is 0.203 e. The fourth-order valence-electron chi connectivity index (χ4n) is 3.43. The van der Waals surface area contributed by atoms with Crippen LogP contribution in [-0.2, 0) is 0 Å². The molecule has 0 saturated carbocycles. The lowest BCUT2D eigenvalue weighted by Crippen LogP contribution is -2.00. The van der Waals surface area contributed by atoms with Crippen molar-refractivity contribution in [2.75, 3.05) is 21.3 Å². The third kappa shape index (κ3) is 4.31. The summed E-state index contributed by atoms with van der Waals surface area (Å²) in [5.41, 5.74) is 4.75. The molecule has 0 aliphatic heterocycles. The second-order valence-corrected chi connectivity index (χ2v) is 6.86. The molecule has 0 N–H and O–H groups in total. The van der Waals surface area contributed by atoms with Crippen LogP contribution in [0.15, 0.2) is 78.9 Å². The van der Waals surface area contributed by atoms with E-state index in [1.165, 1.54) is 0 Å². The van der Waals surface area contributed by atoms with Crippen LogP contribution in [0.2, 0.25) is 0 Å². The first-order valence-electron chi connectivity index (χ1n) is 9.92. The molecule has 5 heteroatoms. The van der Waals surface area contributed by atoms with Gasteiger partial charge in [0.15, 0.2) is 11.5 Å². The van der Waals surface area contributed by atoms with Crippen molar-refractivity contribution in [3.63, 3.8) is 0 Å². The number of ether oxygens (including phenoxy) is 3. The zero-order chi connectivity index (χ0) is 21.6. The minimum Gasteiger partial charge on any atom is -0.493 e. The maximum atomic E-state index is 5.55. The summed E-state index contributed by atoms with van der Waals surface area (Å²) in [6.45, 7) is 0. The van der Waals surface area contributed by atoms with Crippen molar-refractivity contribution >= 4 is 12.2 Å². The Morgan fingerprint density at radius 2 is 1.32 bits per heavy atom. The van der Waals surface area contributed by atoms with E-state index in [4.69, 9.17) is 19.3 Å². The van der Waals surface area contributed by atoms with Gasteiger partial charge >= 0.3 is 0 Å². The van der Waals surface area contributed by atoms with E-state index in [0.717, 1.165) is 28.2 Å². The Morgan fingerprint density at radius 1 is 0.710 bits per heavy atom. The van der Waals surface area contributed by atoms with E-state index in [0.29, 0.717) is 17.2 Å². The molecule has 0 amide bonds. The quantitative estimate of drug-likeness (QED) is 0.389. The van der Waals surface area contributed by atoms with Crippen LogP contribution in [0.3, 0.4) is 0 Å². The predicted molar refractivity (Wildman–Crippen MR) is 124 cm³/mol. The second kappa shape index (κ2) is 9.22. The van der Waals surface area contributed by atoms with Gasteiger partial charge < -0.3 is 14.2 Å². The number of hydrogen-bond donors (Lipinski definition) is 0. The highest BCUT2D eigenvalue weighted by Gasteiger charge is 2.18. The zero-order valence-corrected chi connectivity index (χ0v) is 17.8. The molecule has 31 heavy (non-hydrogen) atoms. The number of benzene rings is 3. The van der Waals surface area contributed by atoms with E-state index in [1.54, 1.807) is 21.3 Å². The Balaban J connectivity index is 1.85. The third-order valence-electron chi connectivity index (χ3n) is 4.94. The summed E-state index contributed by atoms with van der Waals surface area (Å²) in [4.78, 5) is 0. The standard InChI is InChI=1S/C26H24N2O3/c1-29-24-16-20(17-25(30-2)26(24)31-3)23-18-21(15-14-19-10-6-4-7-11-19)27-28(23)22-12-8-5-9-13-22/h4-18H,1-3H3/b15-14+. The molecule has 4 aromatic rings. The topological polar surface area (TPSA) is 45.5 Å². The minimum atomic E-state index is 0.559. The van der Waals surface area contributed by atoms with E-state index < -0.39 is 0 Å². The summed E-state index contributed by atoms with van der Waals surface area (Å²) >= 11 is 0. The van der Waals surface area contributed by atoms with Gasteiger partial charge in [0.1, 0.15) is 0 Å². The summed E-state index contributed by atoms with van der Waals surface area (Å²) in [7, 11) is 4.83. The summed E-state index contributed by atoms with van der Waals surface area (Å²) < 4.78 is 18.5. The van der Waals surface area contributed by atoms with Crippen LogP contribution in [0, 0.1) is 0 Å². The first-order valence-corrected chi connectivity index (χ1v) is 9.92. The summed E-state index contributed by atoms with van der Waals surface area (Å²) in [5.74, 6) is 1.75. The Kier molecular flexibility index (Phi) is 6.03. The average molecular weight is 412 g/mol. The molecule has 0 spiro atoms. The molecule has 4 rings (SSSR count). The van der Waals surface area contributed by atoms with Crippen molar-refractivity contribution in [2.45, 2.75) is 0 Å². The van der Waals surface area contributed by atoms with E-state index in [9.17, 15) is 0 Å². The Labute approximate surface area is 182 Å². The van der Waals surface area contributed by atoms with Gasteiger partial charge in [0.05, 0.1) is 38.4 Å². The Hall–Kier alpha value is -3.99. The van der Waals surface area contributed by atoms with E-state index >= 15 is 0 Å². The molecule has 0 radical (unpaired) electrons. The van der Waals surface area contributed by atoms with Gasteiger partial charge in [-0.15, -0.1) is 0 Å². The van der Waals surface area contributed by atoms with Gasteiger partial charge in [0.2, 0.25) is 5.75 Å². The van der Waals surface area contributed by atoms with E-state index in [-0.39, 0.29) is 0 Å². The molecule has 0 aliphatic rings. The molecule has 0 saturated heterocycles. The van der Waals surface area contributed by atoms with E-state index in [2.05, 4.69) is 18.2 Å². The van der Waals surface area contributed by atoms with Crippen molar-refractivity contribution in [1.29, 1.82) is 0 Å². The third-order valence-corrected chi connectivity index (χ3v) is 4.94. The first kappa shape index (κ1) is 20.3. The van der Waals surface area contributed by atoms with Crippen LogP contribution in [0.25, 0.3) is 29.1 Å². The minimum absolute atomic E-state index is 0.559. The summed E-state index contributed by atoms with van der Waals surface area (Å²) in [6, 6.07) is 26.1. The van der Waals surface area contributed by atoms with Crippen molar-refractivity contribution in [1.82, 2.24) is 9.78 Å². The molecule has 1 aromatic heterocycles. The highest BCUT2D eigenvalue weighted by molar-refractivity contribution is 5.74. The largest absolute Gasteiger partial charge is 0.493 e. The fraction of sp³-hybridized carbons (Fsp3) is 0.115. The fourth-order valence-corrected chi connectivity index (χ4v) is 3.43. The van der Waals surface area contributed by atoms with Crippen LogP contribution in [0.4, 0.5) is 0 Å². The zero-order valence-electron chi connectivity index (χ0n) is 17.8. The SMILES string of the molecule is COc1cc(-c2cc(/C=C/c3ccccc3)nn2-c2ccccc2)cc(OC)c1OC. The predicted octanol–water partition coefficient (Wildman–Crippen LogP) is 5.74. The number of hydrogen-bond acceptors (Lipinski definition) is 4. The normalized spacial score (nSPS) is 10.9. The maximum absolute atomic E-state index is 5.55. The Bertz CT molecular complexity index is 1160. The van der Waals surface area contributed by atoms with Crippen LogP contribution in [0.5, 0.6) is 17.2 Å². The van der Waals surface area contributed by atoms with Gasteiger partial charge in [-0.2, -0.15) is 5.10 Å². The molecule has 0 unspecified atom stereocenters. The van der Waals surface area contributed by atoms with E-state index in [1.807, 2.05) is 77.5 Å². The lowest BCUT2D eigenvalue weighted by atomic mass is 10.1. The van der Waals surface area contributed by atoms with Crippen molar-refractivity contribution in [2.24, 2.45) is 0 Å². The number of rotatable bonds is 7. The monoisotopic (exact) mass is 412 g/mol.